The molecule has 1 aromatic rings. The Bertz CT molecular complexity index is 489. The molecule has 0 fully saturated rings. The van der Waals surface area contributed by atoms with E-state index >= 15 is 0 Å². The number of phenols is 1. The summed E-state index contributed by atoms with van der Waals surface area (Å²) in [6.07, 6.45) is 0. The fourth-order valence-electron chi connectivity index (χ4n) is 1.58. The van der Waals surface area contributed by atoms with Crippen molar-refractivity contribution in [1.29, 1.82) is 0 Å². The van der Waals surface area contributed by atoms with Crippen LogP contribution in [0.1, 0.15) is 19.4 Å². The van der Waals surface area contributed by atoms with Crippen LogP contribution in [0.3, 0.4) is 0 Å². The zero-order valence-corrected chi connectivity index (χ0v) is 12.0. The third kappa shape index (κ3) is 3.82. The van der Waals surface area contributed by atoms with Crippen LogP contribution < -0.4 is 11.1 Å². The minimum absolute atomic E-state index is 0.00592. The summed E-state index contributed by atoms with van der Waals surface area (Å²) in [4.78, 5) is 11.9. The first-order chi connectivity index (χ1) is 8.86. The highest BCUT2D eigenvalue weighted by atomic mass is 32.1. The van der Waals surface area contributed by atoms with Gasteiger partial charge in [-0.15, -0.1) is 0 Å². The molecule has 1 rings (SSSR count). The molecule has 0 saturated carbocycles. The number of aromatic hydroxyl groups is 1. The summed E-state index contributed by atoms with van der Waals surface area (Å²) >= 11 is 5.20. The van der Waals surface area contributed by atoms with E-state index in [1.807, 2.05) is 13.8 Å². The molecule has 0 heterocycles. The third-order valence-electron chi connectivity index (χ3n) is 2.67. The molecule has 19 heavy (non-hydrogen) atoms. The Balaban J connectivity index is 2.94. The fraction of sp³-hybridized carbons (Fsp3) is 0.385. The molecule has 0 aliphatic carbocycles. The quantitative estimate of drug-likeness (QED) is 0.335. The van der Waals surface area contributed by atoms with Gasteiger partial charge in [0.1, 0.15) is 16.8 Å². The number of thiocarbonyl (C=S) groups is 1. The molecule has 1 aromatic carbocycles. The molecule has 104 valence electrons. The number of carbonyl (C=O) groups is 1. The molecule has 6 heteroatoms. The summed E-state index contributed by atoms with van der Waals surface area (Å²) in [7, 11) is 1.32. The molecule has 0 unspecified atom stereocenters. The molecule has 1 atom stereocenters. The van der Waals surface area contributed by atoms with Crippen LogP contribution in [-0.4, -0.2) is 29.2 Å². The van der Waals surface area contributed by atoms with E-state index in [1.165, 1.54) is 13.2 Å². The lowest BCUT2D eigenvalue weighted by molar-refractivity contribution is -0.143. The highest BCUT2D eigenvalue weighted by Crippen LogP contribution is 2.20. The summed E-state index contributed by atoms with van der Waals surface area (Å²) < 4.78 is 4.72. The summed E-state index contributed by atoms with van der Waals surface area (Å²) in [6.45, 7) is 3.74. The SMILES string of the molecule is COC(=O)[C@@H](NC(=S)c1cc(N)ccc1O)C(C)C. The highest BCUT2D eigenvalue weighted by molar-refractivity contribution is 7.80. The molecule has 0 spiro atoms. The second kappa shape index (κ2) is 6.38. The van der Waals surface area contributed by atoms with Crippen molar-refractivity contribution in [1.82, 2.24) is 5.32 Å². The fourth-order valence-corrected chi connectivity index (χ4v) is 1.87. The Hall–Kier alpha value is -1.82. The van der Waals surface area contributed by atoms with Crippen molar-refractivity contribution in [3.05, 3.63) is 23.8 Å². The van der Waals surface area contributed by atoms with Gasteiger partial charge in [0.15, 0.2) is 0 Å². The Morgan fingerprint density at radius 1 is 1.47 bits per heavy atom. The molecule has 0 radical (unpaired) electrons. The molecule has 0 aliphatic heterocycles. The van der Waals surface area contributed by atoms with E-state index in [4.69, 9.17) is 22.7 Å². The van der Waals surface area contributed by atoms with E-state index in [0.29, 0.717) is 11.3 Å². The number of methoxy groups -OCH3 is 1. The number of anilines is 1. The molecule has 5 nitrogen and oxygen atoms in total. The first kappa shape index (κ1) is 15.2. The lowest BCUT2D eigenvalue weighted by atomic mass is 10.0. The van der Waals surface area contributed by atoms with E-state index in [1.54, 1.807) is 12.1 Å². The van der Waals surface area contributed by atoms with Crippen LogP contribution in [0, 0.1) is 5.92 Å². The van der Waals surface area contributed by atoms with Crippen molar-refractivity contribution < 1.29 is 14.6 Å². The number of phenolic OH excluding ortho intramolecular Hbond substituents is 1. The van der Waals surface area contributed by atoms with Gasteiger partial charge in [-0.25, -0.2) is 4.79 Å². The average molecular weight is 282 g/mol. The van der Waals surface area contributed by atoms with Crippen molar-refractivity contribution in [2.45, 2.75) is 19.9 Å². The molecule has 0 aromatic heterocycles. The number of ether oxygens (including phenoxy) is 1. The van der Waals surface area contributed by atoms with Crippen LogP contribution in [0.15, 0.2) is 18.2 Å². The predicted octanol–water partition coefficient (Wildman–Crippen LogP) is 1.44. The maximum Gasteiger partial charge on any atom is 0.328 e. The lowest BCUT2D eigenvalue weighted by Gasteiger charge is -2.21. The molecular weight excluding hydrogens is 264 g/mol. The maximum atomic E-state index is 11.6. The van der Waals surface area contributed by atoms with Gasteiger partial charge < -0.3 is 20.9 Å². The molecule has 4 N–H and O–H groups in total. The number of nitrogen functional groups attached to an aromatic ring is 1. The summed E-state index contributed by atoms with van der Waals surface area (Å²) in [5.74, 6) is -0.395. The van der Waals surface area contributed by atoms with E-state index in [0.717, 1.165) is 0 Å². The van der Waals surface area contributed by atoms with Crippen molar-refractivity contribution in [2.75, 3.05) is 12.8 Å². The Morgan fingerprint density at radius 2 is 2.11 bits per heavy atom. The zero-order valence-electron chi connectivity index (χ0n) is 11.1. The number of hydrogen-bond donors (Lipinski definition) is 3. The van der Waals surface area contributed by atoms with Crippen molar-refractivity contribution in [3.8, 4) is 5.75 Å². The normalized spacial score (nSPS) is 12.0. The number of hydrogen-bond acceptors (Lipinski definition) is 5. The molecular formula is C13H18N2O3S. The van der Waals surface area contributed by atoms with E-state index in [-0.39, 0.29) is 16.7 Å². The number of rotatable bonds is 4. The molecule has 0 aliphatic rings. The summed E-state index contributed by atoms with van der Waals surface area (Å²) in [5.41, 5.74) is 6.53. The van der Waals surface area contributed by atoms with Crippen molar-refractivity contribution in [2.24, 2.45) is 5.92 Å². The van der Waals surface area contributed by atoms with Gasteiger partial charge in [-0.05, 0) is 24.1 Å². The van der Waals surface area contributed by atoms with E-state index in [2.05, 4.69) is 5.32 Å². The van der Waals surface area contributed by atoms with Crippen LogP contribution in [0.2, 0.25) is 0 Å². The van der Waals surface area contributed by atoms with Crippen molar-refractivity contribution >= 4 is 28.9 Å². The van der Waals surface area contributed by atoms with E-state index < -0.39 is 12.0 Å². The van der Waals surface area contributed by atoms with Crippen LogP contribution in [0.25, 0.3) is 0 Å². The number of nitrogens with one attached hydrogen (secondary N) is 1. The number of nitrogens with two attached hydrogens (primary N) is 1. The Kier molecular flexibility index (Phi) is 5.11. The number of carbonyl (C=O) groups excluding carboxylic acids is 1. The predicted molar refractivity (Wildman–Crippen MR) is 78.0 cm³/mol. The van der Waals surface area contributed by atoms with Crippen molar-refractivity contribution in [3.63, 3.8) is 0 Å². The van der Waals surface area contributed by atoms with E-state index in [9.17, 15) is 9.90 Å². The molecule has 0 saturated heterocycles. The smallest absolute Gasteiger partial charge is 0.328 e. The van der Waals surface area contributed by atoms with Crippen LogP contribution >= 0.6 is 12.2 Å². The second-order valence-electron chi connectivity index (χ2n) is 4.49. The van der Waals surface area contributed by atoms with Gasteiger partial charge >= 0.3 is 5.97 Å². The van der Waals surface area contributed by atoms with Gasteiger partial charge in [0, 0.05) is 5.69 Å². The second-order valence-corrected chi connectivity index (χ2v) is 4.90. The largest absolute Gasteiger partial charge is 0.507 e. The van der Waals surface area contributed by atoms with Crippen LogP contribution in [0.5, 0.6) is 5.75 Å². The highest BCUT2D eigenvalue weighted by Gasteiger charge is 2.24. The minimum Gasteiger partial charge on any atom is -0.507 e. The lowest BCUT2D eigenvalue weighted by Crippen LogP contribution is -2.44. The van der Waals surface area contributed by atoms with Gasteiger partial charge in [-0.3, -0.25) is 0 Å². The Morgan fingerprint density at radius 3 is 2.63 bits per heavy atom. The van der Waals surface area contributed by atoms with Gasteiger partial charge in [0.2, 0.25) is 0 Å². The standard InChI is InChI=1S/C13H18N2O3S/c1-7(2)11(13(17)18-3)15-12(19)9-6-8(14)4-5-10(9)16/h4-7,11,16H,14H2,1-3H3,(H,15,19)/t11-/m0/s1. The minimum atomic E-state index is -0.571. The maximum absolute atomic E-state index is 11.6. The topological polar surface area (TPSA) is 84.6 Å². The number of esters is 1. The zero-order chi connectivity index (χ0) is 14.6. The number of benzene rings is 1. The molecule has 0 amide bonds. The summed E-state index contributed by atoms with van der Waals surface area (Å²) in [5, 5.41) is 12.6. The molecule has 0 bridgehead atoms. The monoisotopic (exact) mass is 282 g/mol. The van der Waals surface area contributed by atoms with Gasteiger partial charge in [0.05, 0.1) is 12.7 Å². The van der Waals surface area contributed by atoms with Crippen LogP contribution in [0.4, 0.5) is 5.69 Å². The van der Waals surface area contributed by atoms with Gasteiger partial charge in [-0.1, -0.05) is 26.1 Å². The average Bonchev–Trinajstić information content (AvgIpc) is 2.37. The first-order valence-corrected chi connectivity index (χ1v) is 6.24. The third-order valence-corrected chi connectivity index (χ3v) is 3.01. The van der Waals surface area contributed by atoms with Gasteiger partial charge in [0.25, 0.3) is 0 Å². The van der Waals surface area contributed by atoms with Crippen LogP contribution in [-0.2, 0) is 9.53 Å². The Labute approximate surface area is 117 Å². The first-order valence-electron chi connectivity index (χ1n) is 5.84. The summed E-state index contributed by atoms with van der Waals surface area (Å²) in [6, 6.07) is 4.01. The van der Waals surface area contributed by atoms with Gasteiger partial charge in [-0.2, -0.15) is 0 Å².